The zero-order valence-corrected chi connectivity index (χ0v) is 11.3. The van der Waals surface area contributed by atoms with Crippen molar-refractivity contribution in [3.05, 3.63) is 35.9 Å². The summed E-state index contributed by atoms with van der Waals surface area (Å²) in [5, 5.41) is 14.5. The molecule has 0 bridgehead atoms. The van der Waals surface area contributed by atoms with E-state index < -0.39 is 11.6 Å². The number of amides is 1. The number of ether oxygens (including phenoxy) is 1. The fourth-order valence-corrected chi connectivity index (χ4v) is 1.43. The summed E-state index contributed by atoms with van der Waals surface area (Å²) >= 11 is 0. The summed E-state index contributed by atoms with van der Waals surface area (Å²) in [5.41, 5.74) is 5.35. The SMILES string of the molecule is COC(C)(C)C(=O)NC(/C(N)=N/O)c1ccccc1. The Labute approximate surface area is 112 Å². The highest BCUT2D eigenvalue weighted by molar-refractivity contribution is 5.93. The first-order valence-electron chi connectivity index (χ1n) is 5.81. The van der Waals surface area contributed by atoms with Gasteiger partial charge in [0.1, 0.15) is 11.6 Å². The number of benzene rings is 1. The lowest BCUT2D eigenvalue weighted by Gasteiger charge is -2.25. The molecular formula is C13H19N3O3. The average Bonchev–Trinajstić information content (AvgIpc) is 2.44. The van der Waals surface area contributed by atoms with E-state index in [2.05, 4.69) is 10.5 Å². The van der Waals surface area contributed by atoms with Crippen molar-refractivity contribution in [1.82, 2.24) is 5.32 Å². The van der Waals surface area contributed by atoms with E-state index in [9.17, 15) is 4.79 Å². The molecule has 1 amide bonds. The van der Waals surface area contributed by atoms with E-state index in [4.69, 9.17) is 15.7 Å². The molecule has 19 heavy (non-hydrogen) atoms. The van der Waals surface area contributed by atoms with Gasteiger partial charge in [0.25, 0.3) is 5.91 Å². The second-order valence-electron chi connectivity index (χ2n) is 4.56. The predicted octanol–water partition coefficient (Wildman–Crippen LogP) is 1.02. The van der Waals surface area contributed by atoms with Gasteiger partial charge in [0.05, 0.1) is 0 Å². The molecule has 0 aliphatic rings. The second-order valence-corrected chi connectivity index (χ2v) is 4.56. The normalized spacial score (nSPS) is 13.9. The van der Waals surface area contributed by atoms with Crippen LogP contribution in [0.5, 0.6) is 0 Å². The van der Waals surface area contributed by atoms with Crippen LogP contribution >= 0.6 is 0 Å². The number of methoxy groups -OCH3 is 1. The Balaban J connectivity index is 2.99. The first kappa shape index (κ1) is 15.0. The van der Waals surface area contributed by atoms with Gasteiger partial charge in [-0.2, -0.15) is 0 Å². The molecule has 1 rings (SSSR count). The average molecular weight is 265 g/mol. The van der Waals surface area contributed by atoms with Crippen LogP contribution in [0.1, 0.15) is 25.5 Å². The number of nitrogens with one attached hydrogen (secondary N) is 1. The molecule has 0 saturated heterocycles. The predicted molar refractivity (Wildman–Crippen MR) is 71.8 cm³/mol. The van der Waals surface area contributed by atoms with Crippen molar-refractivity contribution in [3.8, 4) is 0 Å². The zero-order chi connectivity index (χ0) is 14.5. The first-order valence-corrected chi connectivity index (χ1v) is 5.81. The summed E-state index contributed by atoms with van der Waals surface area (Å²) < 4.78 is 5.09. The van der Waals surface area contributed by atoms with E-state index in [1.807, 2.05) is 6.07 Å². The maximum Gasteiger partial charge on any atom is 0.252 e. The molecule has 6 nitrogen and oxygen atoms in total. The van der Waals surface area contributed by atoms with Gasteiger partial charge >= 0.3 is 0 Å². The summed E-state index contributed by atoms with van der Waals surface area (Å²) in [6.07, 6.45) is 0. The van der Waals surface area contributed by atoms with Crippen LogP contribution in [0, 0.1) is 0 Å². The van der Waals surface area contributed by atoms with Gasteiger partial charge in [-0.15, -0.1) is 0 Å². The number of hydrogen-bond acceptors (Lipinski definition) is 4. The molecule has 0 aliphatic carbocycles. The Morgan fingerprint density at radius 3 is 2.47 bits per heavy atom. The molecule has 0 aliphatic heterocycles. The number of nitrogens with zero attached hydrogens (tertiary/aromatic N) is 1. The third kappa shape index (κ3) is 3.69. The minimum Gasteiger partial charge on any atom is -0.409 e. The molecule has 1 atom stereocenters. The van der Waals surface area contributed by atoms with E-state index in [1.54, 1.807) is 38.1 Å². The number of rotatable bonds is 5. The standard InChI is InChI=1S/C13H19N3O3/c1-13(2,19-3)12(17)15-10(11(14)16-18)9-7-5-4-6-8-9/h4-8,10,18H,1-3H3,(H2,14,16)(H,15,17). The highest BCUT2D eigenvalue weighted by atomic mass is 16.5. The van der Waals surface area contributed by atoms with Crippen molar-refractivity contribution in [2.75, 3.05) is 7.11 Å². The molecule has 0 radical (unpaired) electrons. The van der Waals surface area contributed by atoms with Crippen LogP contribution in [0.2, 0.25) is 0 Å². The van der Waals surface area contributed by atoms with Gasteiger partial charge in [-0.1, -0.05) is 35.5 Å². The van der Waals surface area contributed by atoms with Gasteiger partial charge in [0.2, 0.25) is 0 Å². The lowest BCUT2D eigenvalue weighted by Crippen LogP contribution is -2.48. The van der Waals surface area contributed by atoms with Crippen molar-refractivity contribution < 1.29 is 14.7 Å². The molecular weight excluding hydrogens is 246 g/mol. The molecule has 0 heterocycles. The van der Waals surface area contributed by atoms with Crippen molar-refractivity contribution in [2.24, 2.45) is 10.9 Å². The largest absolute Gasteiger partial charge is 0.409 e. The molecule has 104 valence electrons. The zero-order valence-electron chi connectivity index (χ0n) is 11.3. The van der Waals surface area contributed by atoms with Gasteiger partial charge in [-0.05, 0) is 19.4 Å². The monoisotopic (exact) mass is 265 g/mol. The molecule has 1 aromatic rings. The maximum atomic E-state index is 12.1. The third-order valence-electron chi connectivity index (χ3n) is 2.88. The number of carbonyl (C=O) groups is 1. The van der Waals surface area contributed by atoms with Crippen LogP contribution in [-0.4, -0.2) is 29.7 Å². The van der Waals surface area contributed by atoms with Crippen molar-refractivity contribution in [1.29, 1.82) is 0 Å². The van der Waals surface area contributed by atoms with Gasteiger partial charge < -0.3 is 21.0 Å². The lowest BCUT2D eigenvalue weighted by atomic mass is 10.0. The van der Waals surface area contributed by atoms with Crippen LogP contribution in [0.3, 0.4) is 0 Å². The van der Waals surface area contributed by atoms with Crippen molar-refractivity contribution in [3.63, 3.8) is 0 Å². The van der Waals surface area contributed by atoms with Crippen LogP contribution in [0.25, 0.3) is 0 Å². The Morgan fingerprint density at radius 1 is 1.42 bits per heavy atom. The van der Waals surface area contributed by atoms with Crippen LogP contribution < -0.4 is 11.1 Å². The Morgan fingerprint density at radius 2 is 2.00 bits per heavy atom. The molecule has 4 N–H and O–H groups in total. The van der Waals surface area contributed by atoms with Crippen LogP contribution in [0.15, 0.2) is 35.5 Å². The second kappa shape index (κ2) is 6.19. The Hall–Kier alpha value is -2.08. The number of amidine groups is 1. The van der Waals surface area contributed by atoms with E-state index in [0.29, 0.717) is 0 Å². The summed E-state index contributed by atoms with van der Waals surface area (Å²) in [7, 11) is 1.45. The first-order chi connectivity index (χ1) is 8.92. The van der Waals surface area contributed by atoms with Gasteiger partial charge in [-0.3, -0.25) is 4.79 Å². The minimum absolute atomic E-state index is 0.0912. The summed E-state index contributed by atoms with van der Waals surface area (Å²) in [6, 6.07) is 8.31. The van der Waals surface area contributed by atoms with E-state index in [0.717, 1.165) is 5.56 Å². The molecule has 1 aromatic carbocycles. The summed E-state index contributed by atoms with van der Waals surface area (Å²) in [6.45, 7) is 3.27. The number of oxime groups is 1. The number of hydrogen-bond donors (Lipinski definition) is 3. The topological polar surface area (TPSA) is 96.9 Å². The number of nitrogens with two attached hydrogens (primary N) is 1. The maximum absolute atomic E-state index is 12.1. The molecule has 0 fully saturated rings. The van der Waals surface area contributed by atoms with E-state index in [-0.39, 0.29) is 11.7 Å². The molecule has 1 unspecified atom stereocenters. The molecule has 0 spiro atoms. The molecule has 0 saturated carbocycles. The number of carbonyl (C=O) groups excluding carboxylic acids is 1. The molecule has 6 heteroatoms. The Bertz CT molecular complexity index is 457. The van der Waals surface area contributed by atoms with Crippen LogP contribution in [0.4, 0.5) is 0 Å². The van der Waals surface area contributed by atoms with Gasteiger partial charge in [0.15, 0.2) is 5.84 Å². The van der Waals surface area contributed by atoms with E-state index in [1.165, 1.54) is 7.11 Å². The van der Waals surface area contributed by atoms with E-state index >= 15 is 0 Å². The Kier molecular flexibility index (Phi) is 4.88. The smallest absolute Gasteiger partial charge is 0.252 e. The minimum atomic E-state index is -0.997. The van der Waals surface area contributed by atoms with Gasteiger partial charge in [0, 0.05) is 7.11 Å². The van der Waals surface area contributed by atoms with Crippen molar-refractivity contribution >= 4 is 11.7 Å². The fourth-order valence-electron chi connectivity index (χ4n) is 1.43. The lowest BCUT2D eigenvalue weighted by molar-refractivity contribution is -0.139. The summed E-state index contributed by atoms with van der Waals surface area (Å²) in [5.74, 6) is -0.443. The third-order valence-corrected chi connectivity index (χ3v) is 2.88. The molecule has 0 aromatic heterocycles. The highest BCUT2D eigenvalue weighted by Crippen LogP contribution is 2.16. The van der Waals surface area contributed by atoms with Crippen LogP contribution in [-0.2, 0) is 9.53 Å². The quantitative estimate of drug-likeness (QED) is 0.320. The fraction of sp³-hybridized carbons (Fsp3) is 0.385. The highest BCUT2D eigenvalue weighted by Gasteiger charge is 2.30. The van der Waals surface area contributed by atoms with Gasteiger partial charge in [-0.25, -0.2) is 0 Å². The van der Waals surface area contributed by atoms with Crippen molar-refractivity contribution in [2.45, 2.75) is 25.5 Å². The summed E-state index contributed by atoms with van der Waals surface area (Å²) in [4.78, 5) is 12.1.